The predicted molar refractivity (Wildman–Crippen MR) is 61.8 cm³/mol. The van der Waals surface area contributed by atoms with Crippen LogP contribution in [0.3, 0.4) is 0 Å². The molecule has 0 bridgehead atoms. The third-order valence-electron chi connectivity index (χ3n) is 3.15. The molecule has 1 atom stereocenters. The fraction of sp³-hybridized carbons (Fsp3) is 0.500. The van der Waals surface area contributed by atoms with Crippen LogP contribution in [0.15, 0.2) is 18.3 Å². The molecule has 0 aromatic carbocycles. The van der Waals surface area contributed by atoms with Crippen molar-refractivity contribution in [2.75, 3.05) is 18.0 Å². The summed E-state index contributed by atoms with van der Waals surface area (Å²) >= 11 is 0. The molecule has 4 nitrogen and oxygen atoms in total. The van der Waals surface area contributed by atoms with Crippen molar-refractivity contribution >= 4 is 11.8 Å². The van der Waals surface area contributed by atoms with E-state index < -0.39 is 17.7 Å². The van der Waals surface area contributed by atoms with E-state index in [2.05, 4.69) is 4.98 Å². The van der Waals surface area contributed by atoms with Crippen molar-refractivity contribution in [1.82, 2.24) is 4.98 Å². The number of hydrogen-bond donors (Lipinski definition) is 1. The minimum Gasteiger partial charge on any atom is -0.481 e. The summed E-state index contributed by atoms with van der Waals surface area (Å²) in [6.07, 6.45) is -2.78. The van der Waals surface area contributed by atoms with Gasteiger partial charge >= 0.3 is 12.1 Å². The first-order valence-corrected chi connectivity index (χ1v) is 5.86. The van der Waals surface area contributed by atoms with E-state index in [1.807, 2.05) is 4.90 Å². The highest BCUT2D eigenvalue weighted by Crippen LogP contribution is 2.30. The number of rotatable bonds is 3. The summed E-state index contributed by atoms with van der Waals surface area (Å²) in [5.74, 6) is -0.366. The van der Waals surface area contributed by atoms with Crippen LogP contribution in [0, 0.1) is 5.92 Å². The minimum atomic E-state index is -4.39. The second-order valence-corrected chi connectivity index (χ2v) is 4.60. The number of aromatic nitrogens is 1. The van der Waals surface area contributed by atoms with Gasteiger partial charge in [0.2, 0.25) is 0 Å². The molecule has 1 fully saturated rings. The van der Waals surface area contributed by atoms with Crippen molar-refractivity contribution in [2.45, 2.75) is 19.0 Å². The number of aliphatic carboxylic acids is 1. The van der Waals surface area contributed by atoms with Gasteiger partial charge in [-0.15, -0.1) is 0 Å². The lowest BCUT2D eigenvalue weighted by Crippen LogP contribution is -2.21. The van der Waals surface area contributed by atoms with Gasteiger partial charge in [0.1, 0.15) is 5.82 Å². The molecule has 1 aliphatic heterocycles. The van der Waals surface area contributed by atoms with Crippen molar-refractivity contribution < 1.29 is 23.1 Å². The summed E-state index contributed by atoms with van der Waals surface area (Å²) in [6.45, 7) is 1.14. The Balaban J connectivity index is 2.02. The van der Waals surface area contributed by atoms with Crippen LogP contribution in [-0.2, 0) is 11.0 Å². The zero-order valence-electron chi connectivity index (χ0n) is 10.0. The van der Waals surface area contributed by atoms with Crippen LogP contribution in [0.4, 0.5) is 19.0 Å². The molecule has 104 valence electrons. The number of pyridine rings is 1. The zero-order valence-corrected chi connectivity index (χ0v) is 10.0. The lowest BCUT2D eigenvalue weighted by atomic mass is 10.1. The maximum absolute atomic E-state index is 12.4. The Morgan fingerprint density at radius 2 is 2.21 bits per heavy atom. The molecule has 7 heteroatoms. The lowest BCUT2D eigenvalue weighted by Gasteiger charge is -2.17. The van der Waals surface area contributed by atoms with Gasteiger partial charge in [-0.2, -0.15) is 13.2 Å². The van der Waals surface area contributed by atoms with Crippen molar-refractivity contribution in [3.05, 3.63) is 23.9 Å². The number of hydrogen-bond acceptors (Lipinski definition) is 3. The summed E-state index contributed by atoms with van der Waals surface area (Å²) in [6, 6.07) is 2.32. The van der Waals surface area contributed by atoms with E-state index >= 15 is 0 Å². The van der Waals surface area contributed by atoms with E-state index in [1.54, 1.807) is 0 Å². The summed E-state index contributed by atoms with van der Waals surface area (Å²) in [5, 5.41) is 8.70. The molecular weight excluding hydrogens is 261 g/mol. The van der Waals surface area contributed by atoms with Crippen molar-refractivity contribution in [3.8, 4) is 0 Å². The number of carboxylic acid groups (broad SMARTS) is 1. The lowest BCUT2D eigenvalue weighted by molar-refractivity contribution is -0.138. The largest absolute Gasteiger partial charge is 0.481 e. The van der Waals surface area contributed by atoms with Gasteiger partial charge in [-0.3, -0.25) is 4.79 Å². The normalized spacial score (nSPS) is 19.7. The van der Waals surface area contributed by atoms with E-state index in [0.29, 0.717) is 18.9 Å². The Morgan fingerprint density at radius 3 is 2.74 bits per heavy atom. The van der Waals surface area contributed by atoms with Gasteiger partial charge in [-0.25, -0.2) is 4.98 Å². The van der Waals surface area contributed by atoms with Gasteiger partial charge in [0.05, 0.1) is 5.56 Å². The van der Waals surface area contributed by atoms with Crippen LogP contribution < -0.4 is 4.90 Å². The van der Waals surface area contributed by atoms with Gasteiger partial charge in [-0.05, 0) is 24.5 Å². The number of anilines is 1. The average Bonchev–Trinajstić information content (AvgIpc) is 2.75. The second-order valence-electron chi connectivity index (χ2n) is 4.60. The number of halogens is 3. The first-order valence-electron chi connectivity index (χ1n) is 5.86. The SMILES string of the molecule is O=C(O)CC1CCN(c2ccc(C(F)(F)F)cn2)C1. The Hall–Kier alpha value is -1.79. The summed E-state index contributed by atoms with van der Waals surface area (Å²) in [7, 11) is 0. The van der Waals surface area contributed by atoms with Gasteiger partial charge in [0.15, 0.2) is 0 Å². The summed E-state index contributed by atoms with van der Waals surface area (Å²) in [4.78, 5) is 16.2. The minimum absolute atomic E-state index is 0.0293. The molecule has 0 spiro atoms. The van der Waals surface area contributed by atoms with Crippen LogP contribution >= 0.6 is 0 Å². The molecule has 0 amide bonds. The van der Waals surface area contributed by atoms with Crippen LogP contribution in [0.5, 0.6) is 0 Å². The third kappa shape index (κ3) is 3.36. The topological polar surface area (TPSA) is 53.4 Å². The van der Waals surface area contributed by atoms with Gasteiger partial charge in [0.25, 0.3) is 0 Å². The monoisotopic (exact) mass is 274 g/mol. The van der Waals surface area contributed by atoms with Crippen LogP contribution in [0.2, 0.25) is 0 Å². The number of alkyl halides is 3. The summed E-state index contributed by atoms with van der Waals surface area (Å²) in [5.41, 5.74) is -0.780. The van der Waals surface area contributed by atoms with Crippen LogP contribution in [0.25, 0.3) is 0 Å². The molecule has 0 saturated carbocycles. The maximum Gasteiger partial charge on any atom is 0.417 e. The van der Waals surface area contributed by atoms with Crippen molar-refractivity contribution in [3.63, 3.8) is 0 Å². The smallest absolute Gasteiger partial charge is 0.417 e. The standard InChI is InChI=1S/C12H13F3N2O2/c13-12(14,15)9-1-2-10(16-6-9)17-4-3-8(7-17)5-11(18)19/h1-2,6,8H,3-5,7H2,(H,18,19). The molecule has 19 heavy (non-hydrogen) atoms. The van der Waals surface area contributed by atoms with Gasteiger partial charge < -0.3 is 10.0 Å². The van der Waals surface area contributed by atoms with Crippen molar-refractivity contribution in [2.24, 2.45) is 5.92 Å². The van der Waals surface area contributed by atoms with Crippen molar-refractivity contribution in [1.29, 1.82) is 0 Å². The molecule has 1 aromatic heterocycles. The molecule has 1 aliphatic rings. The first-order chi connectivity index (χ1) is 8.86. The van der Waals surface area contributed by atoms with Gasteiger partial charge in [0, 0.05) is 25.7 Å². The zero-order chi connectivity index (χ0) is 14.0. The molecular formula is C12H13F3N2O2. The fourth-order valence-corrected chi connectivity index (χ4v) is 2.20. The molecule has 1 N–H and O–H groups in total. The van der Waals surface area contributed by atoms with Crippen LogP contribution in [0.1, 0.15) is 18.4 Å². The highest BCUT2D eigenvalue weighted by atomic mass is 19.4. The highest BCUT2D eigenvalue weighted by Gasteiger charge is 2.31. The number of carbonyl (C=O) groups is 1. The quantitative estimate of drug-likeness (QED) is 0.919. The highest BCUT2D eigenvalue weighted by molar-refractivity contribution is 5.67. The van der Waals surface area contributed by atoms with Crippen LogP contribution in [-0.4, -0.2) is 29.1 Å². The fourth-order valence-electron chi connectivity index (χ4n) is 2.20. The van der Waals surface area contributed by atoms with E-state index in [-0.39, 0.29) is 12.3 Å². The van der Waals surface area contributed by atoms with E-state index in [0.717, 1.165) is 18.7 Å². The average molecular weight is 274 g/mol. The predicted octanol–water partition coefficient (Wildman–Crippen LogP) is 2.40. The van der Waals surface area contributed by atoms with E-state index in [4.69, 9.17) is 5.11 Å². The Labute approximate surface area is 107 Å². The molecule has 1 aromatic rings. The molecule has 2 heterocycles. The van der Waals surface area contributed by atoms with Gasteiger partial charge in [-0.1, -0.05) is 0 Å². The molecule has 1 unspecified atom stereocenters. The second kappa shape index (κ2) is 5.07. The molecule has 0 aliphatic carbocycles. The first kappa shape index (κ1) is 13.6. The Bertz CT molecular complexity index is 459. The molecule has 1 saturated heterocycles. The molecule has 2 rings (SSSR count). The number of carboxylic acids is 1. The third-order valence-corrected chi connectivity index (χ3v) is 3.15. The maximum atomic E-state index is 12.4. The van der Waals surface area contributed by atoms with E-state index in [9.17, 15) is 18.0 Å². The number of nitrogens with zero attached hydrogens (tertiary/aromatic N) is 2. The summed E-state index contributed by atoms with van der Waals surface area (Å²) < 4.78 is 37.2. The Kier molecular flexibility index (Phi) is 3.64. The molecule has 0 radical (unpaired) electrons. The van der Waals surface area contributed by atoms with E-state index in [1.165, 1.54) is 6.07 Å². The Morgan fingerprint density at radius 1 is 1.47 bits per heavy atom.